The number of benzene rings is 1. The number of para-hydroxylation sites is 1. The third-order valence-corrected chi connectivity index (χ3v) is 3.52. The Hall–Kier alpha value is -1.71. The van der Waals surface area contributed by atoms with E-state index in [1.165, 1.54) is 5.69 Å². The van der Waals surface area contributed by atoms with Crippen molar-refractivity contribution in [2.24, 2.45) is 0 Å². The molecule has 4 nitrogen and oxygen atoms in total. The van der Waals surface area contributed by atoms with Crippen LogP contribution in [-0.4, -0.2) is 42.8 Å². The maximum Gasteiger partial charge on any atom is 0.410 e. The number of hydrogen-bond donors (Lipinski definition) is 0. The molecule has 0 aliphatic carbocycles. The largest absolute Gasteiger partial charge is 0.450 e. The fourth-order valence-corrected chi connectivity index (χ4v) is 2.73. The van der Waals surface area contributed by atoms with Crippen LogP contribution in [0.5, 0.6) is 0 Å². The fourth-order valence-electron chi connectivity index (χ4n) is 2.73. The van der Waals surface area contributed by atoms with Crippen molar-refractivity contribution in [2.75, 3.05) is 24.6 Å². The molecule has 0 aromatic heterocycles. The molecule has 2 atom stereocenters. The average Bonchev–Trinajstić information content (AvgIpc) is 2.39. The summed E-state index contributed by atoms with van der Waals surface area (Å²) in [5.41, 5.74) is 1.21. The minimum absolute atomic E-state index is 0.156. The molecule has 1 aromatic rings. The van der Waals surface area contributed by atoms with Crippen molar-refractivity contribution in [3.05, 3.63) is 30.3 Å². The molecule has 0 bridgehead atoms. The first-order valence-electron chi connectivity index (χ1n) is 6.88. The van der Waals surface area contributed by atoms with Gasteiger partial charge in [-0.15, -0.1) is 0 Å². The average molecular weight is 262 g/mol. The first kappa shape index (κ1) is 13.7. The van der Waals surface area contributed by atoms with Crippen LogP contribution in [0.2, 0.25) is 0 Å². The van der Waals surface area contributed by atoms with Crippen LogP contribution in [0.15, 0.2) is 30.3 Å². The minimum Gasteiger partial charge on any atom is -0.450 e. The van der Waals surface area contributed by atoms with E-state index < -0.39 is 0 Å². The van der Waals surface area contributed by atoms with Crippen LogP contribution in [-0.2, 0) is 4.74 Å². The monoisotopic (exact) mass is 262 g/mol. The lowest BCUT2D eigenvalue weighted by molar-refractivity contribution is 0.0698. The summed E-state index contributed by atoms with van der Waals surface area (Å²) in [5.74, 6) is 0. The minimum atomic E-state index is -0.199. The predicted molar refractivity (Wildman–Crippen MR) is 76.4 cm³/mol. The Morgan fingerprint density at radius 3 is 2.32 bits per heavy atom. The molecule has 1 saturated heterocycles. The van der Waals surface area contributed by atoms with E-state index in [2.05, 4.69) is 30.9 Å². The van der Waals surface area contributed by atoms with E-state index in [4.69, 9.17) is 4.74 Å². The van der Waals surface area contributed by atoms with Crippen molar-refractivity contribution in [3.63, 3.8) is 0 Å². The summed E-state index contributed by atoms with van der Waals surface area (Å²) in [6, 6.07) is 10.6. The fraction of sp³-hybridized carbons (Fsp3) is 0.533. The zero-order valence-electron chi connectivity index (χ0n) is 11.9. The van der Waals surface area contributed by atoms with Crippen molar-refractivity contribution in [2.45, 2.75) is 32.9 Å². The molecule has 1 aromatic carbocycles. The van der Waals surface area contributed by atoms with Crippen LogP contribution >= 0.6 is 0 Å². The first-order chi connectivity index (χ1) is 9.13. The highest BCUT2D eigenvalue weighted by Gasteiger charge is 2.33. The second-order valence-electron chi connectivity index (χ2n) is 5.04. The van der Waals surface area contributed by atoms with E-state index in [9.17, 15) is 4.79 Å². The Kier molecular flexibility index (Phi) is 4.30. The van der Waals surface area contributed by atoms with Gasteiger partial charge in [0.25, 0.3) is 0 Å². The maximum atomic E-state index is 11.9. The number of hydrogen-bond acceptors (Lipinski definition) is 3. The van der Waals surface area contributed by atoms with Crippen molar-refractivity contribution < 1.29 is 9.53 Å². The SMILES string of the molecule is CCOC(=O)N1C(C)CN(c2ccccc2)CC1C. The van der Waals surface area contributed by atoms with Gasteiger partial charge >= 0.3 is 6.09 Å². The Balaban J connectivity index is 2.08. The Labute approximate surface area is 115 Å². The van der Waals surface area contributed by atoms with Gasteiger partial charge in [0.2, 0.25) is 0 Å². The van der Waals surface area contributed by atoms with Crippen molar-refractivity contribution in [1.82, 2.24) is 4.90 Å². The number of rotatable bonds is 2. The van der Waals surface area contributed by atoms with Gasteiger partial charge in [-0.1, -0.05) is 18.2 Å². The molecule has 1 aliphatic rings. The second kappa shape index (κ2) is 5.95. The molecule has 2 unspecified atom stereocenters. The number of anilines is 1. The summed E-state index contributed by atoms with van der Waals surface area (Å²) in [7, 11) is 0. The molecule has 0 radical (unpaired) electrons. The molecule has 19 heavy (non-hydrogen) atoms. The van der Waals surface area contributed by atoms with Crippen LogP contribution in [0.1, 0.15) is 20.8 Å². The highest BCUT2D eigenvalue weighted by molar-refractivity contribution is 5.69. The van der Waals surface area contributed by atoms with Gasteiger partial charge in [0.15, 0.2) is 0 Å². The smallest absolute Gasteiger partial charge is 0.410 e. The quantitative estimate of drug-likeness (QED) is 0.821. The summed E-state index contributed by atoms with van der Waals surface area (Å²) in [6.07, 6.45) is -0.199. The van der Waals surface area contributed by atoms with Crippen molar-refractivity contribution in [1.29, 1.82) is 0 Å². The molecule has 104 valence electrons. The summed E-state index contributed by atoms with van der Waals surface area (Å²) >= 11 is 0. The van der Waals surface area contributed by atoms with E-state index in [1.807, 2.05) is 30.0 Å². The number of amides is 1. The zero-order chi connectivity index (χ0) is 13.8. The molecule has 2 rings (SSSR count). The Morgan fingerprint density at radius 1 is 1.21 bits per heavy atom. The van der Waals surface area contributed by atoms with Gasteiger partial charge in [-0.05, 0) is 32.9 Å². The topological polar surface area (TPSA) is 32.8 Å². The molecule has 1 amide bonds. The maximum absolute atomic E-state index is 11.9. The molecular formula is C15H22N2O2. The molecule has 1 fully saturated rings. The molecule has 1 aliphatic heterocycles. The highest BCUT2D eigenvalue weighted by Crippen LogP contribution is 2.22. The zero-order valence-corrected chi connectivity index (χ0v) is 11.9. The summed E-state index contributed by atoms with van der Waals surface area (Å²) in [4.78, 5) is 16.1. The van der Waals surface area contributed by atoms with E-state index in [-0.39, 0.29) is 18.2 Å². The number of nitrogens with zero attached hydrogens (tertiary/aromatic N) is 2. The predicted octanol–water partition coefficient (Wildman–Crippen LogP) is 2.74. The second-order valence-corrected chi connectivity index (χ2v) is 5.04. The van der Waals surface area contributed by atoms with Gasteiger partial charge in [0.1, 0.15) is 0 Å². The summed E-state index contributed by atoms with van der Waals surface area (Å²) in [6.45, 7) is 8.09. The summed E-state index contributed by atoms with van der Waals surface area (Å²) in [5, 5.41) is 0. The van der Waals surface area contributed by atoms with Gasteiger partial charge in [-0.2, -0.15) is 0 Å². The Bertz CT molecular complexity index is 409. The number of ether oxygens (including phenoxy) is 1. The molecule has 0 saturated carbocycles. The first-order valence-corrected chi connectivity index (χ1v) is 6.88. The van der Waals surface area contributed by atoms with Crippen molar-refractivity contribution in [3.8, 4) is 0 Å². The number of carbonyl (C=O) groups excluding carboxylic acids is 1. The lowest BCUT2D eigenvalue weighted by atomic mass is 10.1. The lowest BCUT2D eigenvalue weighted by Gasteiger charge is -2.44. The van der Waals surface area contributed by atoms with Crippen LogP contribution in [0, 0.1) is 0 Å². The summed E-state index contributed by atoms with van der Waals surface area (Å²) < 4.78 is 5.13. The van der Waals surface area contributed by atoms with Crippen molar-refractivity contribution >= 4 is 11.8 Å². The highest BCUT2D eigenvalue weighted by atomic mass is 16.6. The third kappa shape index (κ3) is 3.00. The lowest BCUT2D eigenvalue weighted by Crippen LogP contribution is -2.58. The van der Waals surface area contributed by atoms with Crippen LogP contribution in [0.25, 0.3) is 0 Å². The van der Waals surface area contributed by atoms with E-state index in [0.717, 1.165) is 13.1 Å². The Morgan fingerprint density at radius 2 is 1.79 bits per heavy atom. The van der Waals surface area contributed by atoms with Gasteiger partial charge in [-0.25, -0.2) is 4.79 Å². The normalized spacial score (nSPS) is 23.3. The van der Waals surface area contributed by atoms with Crippen LogP contribution < -0.4 is 4.90 Å². The van der Waals surface area contributed by atoms with Crippen LogP contribution in [0.3, 0.4) is 0 Å². The molecular weight excluding hydrogens is 240 g/mol. The molecule has 1 heterocycles. The third-order valence-electron chi connectivity index (χ3n) is 3.52. The van der Waals surface area contributed by atoms with Gasteiger partial charge in [0.05, 0.1) is 18.7 Å². The number of piperazine rings is 1. The molecule has 4 heteroatoms. The van der Waals surface area contributed by atoms with E-state index in [0.29, 0.717) is 6.61 Å². The number of carbonyl (C=O) groups is 1. The standard InChI is InChI=1S/C15H22N2O2/c1-4-19-15(18)17-12(2)10-16(11-13(17)3)14-8-6-5-7-9-14/h5-9,12-13H,4,10-11H2,1-3H3. The van der Waals surface area contributed by atoms with Crippen LogP contribution in [0.4, 0.5) is 10.5 Å². The van der Waals surface area contributed by atoms with E-state index in [1.54, 1.807) is 0 Å². The van der Waals surface area contributed by atoms with Gasteiger partial charge in [0, 0.05) is 18.8 Å². The van der Waals surface area contributed by atoms with Gasteiger partial charge in [-0.3, -0.25) is 4.90 Å². The van der Waals surface area contributed by atoms with E-state index >= 15 is 0 Å². The van der Waals surface area contributed by atoms with Gasteiger partial charge < -0.3 is 9.64 Å². The molecule has 0 spiro atoms. The molecule has 0 N–H and O–H groups in total.